The lowest BCUT2D eigenvalue weighted by molar-refractivity contribution is -0.148. The molecule has 2 aromatic carbocycles. The maximum absolute atomic E-state index is 12.3. The van der Waals surface area contributed by atoms with Crippen LogP contribution >= 0.6 is 0 Å². The fourth-order valence-corrected chi connectivity index (χ4v) is 4.03. The van der Waals surface area contributed by atoms with Gasteiger partial charge in [-0.15, -0.1) is 0 Å². The monoisotopic (exact) mass is 379 g/mol. The Kier molecular flexibility index (Phi) is 5.33. The summed E-state index contributed by atoms with van der Waals surface area (Å²) in [6.07, 6.45) is 5.93. The number of benzene rings is 2. The number of carbonyl (C=O) groups excluding carboxylic acids is 2. The van der Waals surface area contributed by atoms with Gasteiger partial charge >= 0.3 is 5.97 Å². The van der Waals surface area contributed by atoms with Crippen LogP contribution < -0.4 is 5.32 Å². The van der Waals surface area contributed by atoms with Crippen molar-refractivity contribution in [3.63, 3.8) is 0 Å². The van der Waals surface area contributed by atoms with E-state index in [1.165, 1.54) is 0 Å². The topological polar surface area (TPSA) is 68.5 Å². The third kappa shape index (κ3) is 4.03. The quantitative estimate of drug-likeness (QED) is 0.669. The predicted octanol–water partition coefficient (Wildman–Crippen LogP) is 4.37. The van der Waals surface area contributed by atoms with Gasteiger partial charge < -0.3 is 14.5 Å². The van der Waals surface area contributed by atoms with E-state index in [1.807, 2.05) is 36.4 Å². The number of esters is 1. The maximum atomic E-state index is 12.3. The average Bonchev–Trinajstić information content (AvgIpc) is 3.11. The number of nitrogens with one attached hydrogen (secondary N) is 1. The highest BCUT2D eigenvalue weighted by atomic mass is 16.5. The third-order valence-corrected chi connectivity index (χ3v) is 5.62. The van der Waals surface area contributed by atoms with Gasteiger partial charge in [0, 0.05) is 17.0 Å². The number of hydrogen-bond acceptors (Lipinski definition) is 4. The zero-order valence-electron chi connectivity index (χ0n) is 16.1. The molecule has 3 aromatic rings. The summed E-state index contributed by atoms with van der Waals surface area (Å²) in [6, 6.07) is 12.1. The minimum atomic E-state index is -0.428. The molecule has 5 nitrogen and oxygen atoms in total. The molecule has 1 N–H and O–H groups in total. The largest absolute Gasteiger partial charge is 0.464 e. The molecule has 0 aliphatic heterocycles. The molecule has 1 aromatic heterocycles. The highest BCUT2D eigenvalue weighted by molar-refractivity contribution is 6.08. The van der Waals surface area contributed by atoms with Crippen molar-refractivity contribution in [2.75, 3.05) is 6.61 Å². The lowest BCUT2D eigenvalue weighted by Gasteiger charge is -2.26. The van der Waals surface area contributed by atoms with E-state index in [4.69, 9.17) is 9.15 Å². The Bertz CT molecular complexity index is 998. The standard InChI is InChI=1S/C23H25NO4/c1-15-6-9-18(10-7-15)24-21(25)14-28-22(26)12-17-13-27-20-11-8-16-4-2-3-5-19(16)23(17)20/h2-5,8,11,13,15,18H,6-7,9-10,12,14H2,1H3,(H,24,25). The first-order valence-corrected chi connectivity index (χ1v) is 9.93. The summed E-state index contributed by atoms with van der Waals surface area (Å²) >= 11 is 0. The third-order valence-electron chi connectivity index (χ3n) is 5.62. The molecule has 0 unspecified atom stereocenters. The SMILES string of the molecule is CC1CCC(NC(=O)COC(=O)Cc2coc3ccc4ccccc4c23)CC1. The summed E-state index contributed by atoms with van der Waals surface area (Å²) < 4.78 is 10.8. The van der Waals surface area contributed by atoms with Crippen LogP contribution in [0.4, 0.5) is 0 Å². The number of amides is 1. The summed E-state index contributed by atoms with van der Waals surface area (Å²) in [5.74, 6) is 0.0744. The van der Waals surface area contributed by atoms with E-state index in [1.54, 1.807) is 6.26 Å². The van der Waals surface area contributed by atoms with E-state index in [0.29, 0.717) is 0 Å². The molecule has 4 rings (SSSR count). The van der Waals surface area contributed by atoms with Gasteiger partial charge in [0.1, 0.15) is 5.58 Å². The van der Waals surface area contributed by atoms with Crippen LogP contribution in [-0.4, -0.2) is 24.5 Å². The molecule has 5 heteroatoms. The molecule has 28 heavy (non-hydrogen) atoms. The Balaban J connectivity index is 1.36. The molecule has 0 saturated heterocycles. The zero-order valence-corrected chi connectivity index (χ0v) is 16.1. The Morgan fingerprint density at radius 3 is 2.71 bits per heavy atom. The van der Waals surface area contributed by atoms with Gasteiger partial charge in [0.15, 0.2) is 6.61 Å². The van der Waals surface area contributed by atoms with Crippen LogP contribution in [0.5, 0.6) is 0 Å². The van der Waals surface area contributed by atoms with Gasteiger partial charge in [-0.3, -0.25) is 9.59 Å². The molecule has 0 atom stereocenters. The molecular formula is C23H25NO4. The summed E-state index contributed by atoms with van der Waals surface area (Å²) in [5, 5.41) is 6.03. The van der Waals surface area contributed by atoms with Crippen LogP contribution in [0.15, 0.2) is 47.1 Å². The Morgan fingerprint density at radius 1 is 1.11 bits per heavy atom. The molecule has 1 heterocycles. The first-order chi connectivity index (χ1) is 13.6. The van der Waals surface area contributed by atoms with E-state index in [0.717, 1.165) is 58.9 Å². The van der Waals surface area contributed by atoms with E-state index < -0.39 is 5.97 Å². The fourth-order valence-electron chi connectivity index (χ4n) is 4.03. The van der Waals surface area contributed by atoms with E-state index in [-0.39, 0.29) is 25.0 Å². The predicted molar refractivity (Wildman–Crippen MR) is 108 cm³/mol. The maximum Gasteiger partial charge on any atom is 0.310 e. The van der Waals surface area contributed by atoms with Crippen molar-refractivity contribution in [1.82, 2.24) is 5.32 Å². The van der Waals surface area contributed by atoms with E-state index in [2.05, 4.69) is 12.2 Å². The fraction of sp³-hybridized carbons (Fsp3) is 0.391. The molecule has 146 valence electrons. The van der Waals surface area contributed by atoms with Crippen LogP contribution in [0.25, 0.3) is 21.7 Å². The number of furan rings is 1. The summed E-state index contributed by atoms with van der Waals surface area (Å²) in [6.45, 7) is 2.00. The second kappa shape index (κ2) is 8.05. The van der Waals surface area contributed by atoms with Gasteiger partial charge in [-0.1, -0.05) is 37.3 Å². The van der Waals surface area contributed by atoms with Crippen molar-refractivity contribution >= 4 is 33.6 Å². The average molecular weight is 379 g/mol. The normalized spacial score (nSPS) is 19.6. The molecule has 0 bridgehead atoms. The van der Waals surface area contributed by atoms with Gasteiger partial charge in [0.2, 0.25) is 0 Å². The number of carbonyl (C=O) groups is 2. The van der Waals surface area contributed by atoms with Crippen molar-refractivity contribution in [2.24, 2.45) is 5.92 Å². The Hall–Kier alpha value is -2.82. The number of ether oxygens (including phenoxy) is 1. The van der Waals surface area contributed by atoms with E-state index in [9.17, 15) is 9.59 Å². The lowest BCUT2D eigenvalue weighted by atomic mass is 9.87. The van der Waals surface area contributed by atoms with Crippen LogP contribution in [0, 0.1) is 5.92 Å². The molecule has 1 aliphatic carbocycles. The Morgan fingerprint density at radius 2 is 1.89 bits per heavy atom. The Labute approximate surface area is 164 Å². The van der Waals surface area contributed by atoms with Crippen LogP contribution in [-0.2, 0) is 20.7 Å². The van der Waals surface area contributed by atoms with Crippen molar-refractivity contribution in [3.05, 3.63) is 48.2 Å². The van der Waals surface area contributed by atoms with Gasteiger partial charge in [0.25, 0.3) is 5.91 Å². The van der Waals surface area contributed by atoms with Gasteiger partial charge in [-0.05, 0) is 48.4 Å². The number of hydrogen-bond donors (Lipinski definition) is 1. The lowest BCUT2D eigenvalue weighted by Crippen LogP contribution is -2.39. The minimum absolute atomic E-state index is 0.0786. The highest BCUT2D eigenvalue weighted by Crippen LogP contribution is 2.30. The molecule has 1 saturated carbocycles. The van der Waals surface area contributed by atoms with Crippen molar-refractivity contribution in [3.8, 4) is 0 Å². The molecule has 1 amide bonds. The summed E-state index contributed by atoms with van der Waals surface area (Å²) in [4.78, 5) is 24.4. The van der Waals surface area contributed by atoms with Gasteiger partial charge in [-0.2, -0.15) is 0 Å². The van der Waals surface area contributed by atoms with Crippen molar-refractivity contribution in [1.29, 1.82) is 0 Å². The van der Waals surface area contributed by atoms with Crippen LogP contribution in [0.1, 0.15) is 38.2 Å². The first kappa shape index (κ1) is 18.5. The highest BCUT2D eigenvalue weighted by Gasteiger charge is 2.20. The second-order valence-corrected chi connectivity index (χ2v) is 7.78. The molecule has 1 fully saturated rings. The first-order valence-electron chi connectivity index (χ1n) is 9.93. The number of fused-ring (bicyclic) bond motifs is 3. The summed E-state index contributed by atoms with van der Waals surface area (Å²) in [7, 11) is 0. The molecular weight excluding hydrogens is 354 g/mol. The minimum Gasteiger partial charge on any atom is -0.464 e. The van der Waals surface area contributed by atoms with Gasteiger partial charge in [0.05, 0.1) is 12.7 Å². The molecule has 1 aliphatic rings. The smallest absolute Gasteiger partial charge is 0.310 e. The summed E-state index contributed by atoms with van der Waals surface area (Å²) in [5.41, 5.74) is 1.52. The second-order valence-electron chi connectivity index (χ2n) is 7.78. The van der Waals surface area contributed by atoms with Crippen molar-refractivity contribution in [2.45, 2.75) is 45.1 Å². The zero-order chi connectivity index (χ0) is 19.5. The molecule has 0 spiro atoms. The van der Waals surface area contributed by atoms with Crippen molar-refractivity contribution < 1.29 is 18.7 Å². The van der Waals surface area contributed by atoms with Crippen LogP contribution in [0.3, 0.4) is 0 Å². The van der Waals surface area contributed by atoms with Crippen LogP contribution in [0.2, 0.25) is 0 Å². The molecule has 0 radical (unpaired) electrons. The van der Waals surface area contributed by atoms with Gasteiger partial charge in [-0.25, -0.2) is 0 Å². The van der Waals surface area contributed by atoms with E-state index >= 15 is 0 Å². The number of rotatable bonds is 5.